The average Bonchev–Trinajstić information content (AvgIpc) is 2.77. The second-order valence-corrected chi connectivity index (χ2v) is 3.98. The van der Waals surface area contributed by atoms with Crippen LogP contribution in [0.5, 0.6) is 11.6 Å². The van der Waals surface area contributed by atoms with Crippen LogP contribution < -0.4 is 4.74 Å². The number of hydrogen-bond donors (Lipinski definition) is 0. The van der Waals surface area contributed by atoms with Crippen LogP contribution in [-0.4, -0.2) is 20.5 Å². The Bertz CT molecular complexity index is 549. The Kier molecular flexibility index (Phi) is 3.72. The average molecular weight is 245 g/mol. The first kappa shape index (κ1) is 12.3. The van der Waals surface area contributed by atoms with Crippen molar-refractivity contribution in [1.82, 2.24) is 14.8 Å². The molecule has 0 N–H and O–H groups in total. The zero-order chi connectivity index (χ0) is 13.0. The molecule has 0 bridgehead atoms. The number of hydrogen-bond acceptors (Lipinski definition) is 4. The summed E-state index contributed by atoms with van der Waals surface area (Å²) in [5.74, 6) is 1.01. The second kappa shape index (κ2) is 5.44. The molecule has 0 aliphatic carbocycles. The quantitative estimate of drug-likeness (QED) is 0.760. The molecule has 5 heteroatoms. The number of aryl methyl sites for hydroxylation is 1. The van der Waals surface area contributed by atoms with Crippen molar-refractivity contribution in [3.05, 3.63) is 36.3 Å². The summed E-state index contributed by atoms with van der Waals surface area (Å²) in [6.45, 7) is 4.45. The fourth-order valence-electron chi connectivity index (χ4n) is 1.55. The van der Waals surface area contributed by atoms with E-state index in [2.05, 4.69) is 17.0 Å². The van der Waals surface area contributed by atoms with Gasteiger partial charge in [-0.05, 0) is 19.4 Å². The number of ether oxygens (including phenoxy) is 1. The number of carbonyl (C=O) groups excluding carboxylic acids is 1. The van der Waals surface area contributed by atoms with Gasteiger partial charge in [-0.3, -0.25) is 9.48 Å². The van der Waals surface area contributed by atoms with E-state index in [1.807, 2.05) is 10.9 Å². The van der Waals surface area contributed by atoms with E-state index in [1.165, 1.54) is 6.92 Å². The van der Waals surface area contributed by atoms with E-state index in [0.717, 1.165) is 13.0 Å². The van der Waals surface area contributed by atoms with Crippen LogP contribution in [-0.2, 0) is 6.54 Å². The Morgan fingerprint density at radius 2 is 2.33 bits per heavy atom. The summed E-state index contributed by atoms with van der Waals surface area (Å²) in [7, 11) is 0. The summed E-state index contributed by atoms with van der Waals surface area (Å²) in [4.78, 5) is 15.3. The molecule has 0 spiro atoms. The SMILES string of the molecule is CCCn1cc(Oc2cc(C(C)=O)ccn2)cn1. The van der Waals surface area contributed by atoms with Gasteiger partial charge < -0.3 is 4.74 Å². The van der Waals surface area contributed by atoms with Gasteiger partial charge in [0, 0.05) is 24.4 Å². The summed E-state index contributed by atoms with van der Waals surface area (Å²) in [6.07, 6.45) is 6.02. The highest BCUT2D eigenvalue weighted by Crippen LogP contribution is 2.19. The third-order valence-electron chi connectivity index (χ3n) is 2.43. The molecular formula is C13H15N3O2. The van der Waals surface area contributed by atoms with E-state index < -0.39 is 0 Å². The third kappa shape index (κ3) is 2.94. The predicted molar refractivity (Wildman–Crippen MR) is 66.8 cm³/mol. The van der Waals surface area contributed by atoms with E-state index in [1.54, 1.807) is 24.5 Å². The molecule has 0 saturated carbocycles. The van der Waals surface area contributed by atoms with Crippen molar-refractivity contribution in [3.8, 4) is 11.6 Å². The molecule has 18 heavy (non-hydrogen) atoms. The highest BCUT2D eigenvalue weighted by atomic mass is 16.5. The monoisotopic (exact) mass is 245 g/mol. The topological polar surface area (TPSA) is 57.0 Å². The molecule has 0 amide bonds. The number of nitrogens with zero attached hydrogens (tertiary/aromatic N) is 3. The Hall–Kier alpha value is -2.17. The van der Waals surface area contributed by atoms with Gasteiger partial charge >= 0.3 is 0 Å². The highest BCUT2D eigenvalue weighted by molar-refractivity contribution is 5.94. The van der Waals surface area contributed by atoms with Crippen molar-refractivity contribution >= 4 is 5.78 Å². The van der Waals surface area contributed by atoms with Crippen LogP contribution in [0, 0.1) is 0 Å². The van der Waals surface area contributed by atoms with Gasteiger partial charge in [-0.25, -0.2) is 4.98 Å². The maximum absolute atomic E-state index is 11.2. The molecule has 2 rings (SSSR count). The fraction of sp³-hybridized carbons (Fsp3) is 0.308. The second-order valence-electron chi connectivity index (χ2n) is 3.98. The number of pyridine rings is 1. The molecule has 0 unspecified atom stereocenters. The summed E-state index contributed by atoms with van der Waals surface area (Å²) < 4.78 is 7.36. The molecule has 0 atom stereocenters. The highest BCUT2D eigenvalue weighted by Gasteiger charge is 2.05. The first-order chi connectivity index (χ1) is 8.69. The molecule has 2 heterocycles. The minimum Gasteiger partial charge on any atom is -0.436 e. The minimum absolute atomic E-state index is 0.0103. The van der Waals surface area contributed by atoms with Gasteiger partial charge in [0.15, 0.2) is 11.5 Å². The van der Waals surface area contributed by atoms with E-state index in [9.17, 15) is 4.79 Å². The standard InChI is InChI=1S/C13H15N3O2/c1-3-6-16-9-12(8-15-16)18-13-7-11(10(2)17)4-5-14-13/h4-5,7-9H,3,6H2,1-2H3. The van der Waals surface area contributed by atoms with Crippen molar-refractivity contribution in [1.29, 1.82) is 0 Å². The van der Waals surface area contributed by atoms with Gasteiger partial charge in [-0.2, -0.15) is 5.10 Å². The van der Waals surface area contributed by atoms with Crippen LogP contribution in [0.3, 0.4) is 0 Å². The Morgan fingerprint density at radius 3 is 3.06 bits per heavy atom. The van der Waals surface area contributed by atoms with Crippen molar-refractivity contribution in [2.75, 3.05) is 0 Å². The molecular weight excluding hydrogens is 230 g/mol. The maximum atomic E-state index is 11.2. The zero-order valence-electron chi connectivity index (χ0n) is 10.5. The van der Waals surface area contributed by atoms with Crippen LogP contribution in [0.1, 0.15) is 30.6 Å². The molecule has 0 aromatic carbocycles. The van der Waals surface area contributed by atoms with Crippen LogP contribution in [0.2, 0.25) is 0 Å². The predicted octanol–water partition coefficient (Wildman–Crippen LogP) is 2.68. The minimum atomic E-state index is -0.0103. The molecule has 2 aromatic heterocycles. The number of carbonyl (C=O) groups is 1. The Balaban J connectivity index is 2.12. The molecule has 0 aliphatic heterocycles. The third-order valence-corrected chi connectivity index (χ3v) is 2.43. The van der Waals surface area contributed by atoms with Gasteiger partial charge in [0.05, 0.1) is 12.4 Å². The van der Waals surface area contributed by atoms with Gasteiger partial charge in [0.2, 0.25) is 5.88 Å². The molecule has 0 fully saturated rings. The number of Topliss-reactive ketones (excluding diaryl/α,β-unsaturated/α-hetero) is 1. The lowest BCUT2D eigenvalue weighted by molar-refractivity contribution is 0.101. The van der Waals surface area contributed by atoms with E-state index >= 15 is 0 Å². The first-order valence-electron chi connectivity index (χ1n) is 5.86. The Morgan fingerprint density at radius 1 is 1.50 bits per heavy atom. The normalized spacial score (nSPS) is 10.3. The van der Waals surface area contributed by atoms with Crippen LogP contribution in [0.4, 0.5) is 0 Å². The molecule has 5 nitrogen and oxygen atoms in total. The summed E-state index contributed by atoms with van der Waals surface area (Å²) in [6, 6.07) is 3.29. The molecule has 94 valence electrons. The van der Waals surface area contributed by atoms with E-state index in [4.69, 9.17) is 4.74 Å². The largest absolute Gasteiger partial charge is 0.436 e. The van der Waals surface area contributed by atoms with Crippen molar-refractivity contribution in [2.45, 2.75) is 26.8 Å². The van der Waals surface area contributed by atoms with Crippen LogP contribution in [0.15, 0.2) is 30.7 Å². The van der Waals surface area contributed by atoms with Crippen molar-refractivity contribution in [2.24, 2.45) is 0 Å². The fourth-order valence-corrected chi connectivity index (χ4v) is 1.55. The van der Waals surface area contributed by atoms with Crippen molar-refractivity contribution < 1.29 is 9.53 Å². The summed E-state index contributed by atoms with van der Waals surface area (Å²) in [5, 5.41) is 4.16. The Labute approximate surface area is 105 Å². The van der Waals surface area contributed by atoms with Gasteiger partial charge in [-0.15, -0.1) is 0 Å². The van der Waals surface area contributed by atoms with Gasteiger partial charge in [0.1, 0.15) is 0 Å². The van der Waals surface area contributed by atoms with Crippen LogP contribution >= 0.6 is 0 Å². The lowest BCUT2D eigenvalue weighted by atomic mass is 10.2. The maximum Gasteiger partial charge on any atom is 0.220 e. The number of ketones is 1. The molecule has 0 saturated heterocycles. The van der Waals surface area contributed by atoms with E-state index in [-0.39, 0.29) is 5.78 Å². The molecule has 0 radical (unpaired) electrons. The smallest absolute Gasteiger partial charge is 0.220 e. The lowest BCUT2D eigenvalue weighted by Crippen LogP contribution is -1.96. The molecule has 0 aliphatic rings. The van der Waals surface area contributed by atoms with Crippen molar-refractivity contribution in [3.63, 3.8) is 0 Å². The summed E-state index contributed by atoms with van der Waals surface area (Å²) >= 11 is 0. The number of rotatable bonds is 5. The number of aromatic nitrogens is 3. The molecule has 2 aromatic rings. The lowest BCUT2D eigenvalue weighted by Gasteiger charge is -2.02. The first-order valence-corrected chi connectivity index (χ1v) is 5.86. The van der Waals surface area contributed by atoms with E-state index in [0.29, 0.717) is 17.2 Å². The zero-order valence-corrected chi connectivity index (χ0v) is 10.5. The van der Waals surface area contributed by atoms with Gasteiger partial charge in [-0.1, -0.05) is 6.92 Å². The summed E-state index contributed by atoms with van der Waals surface area (Å²) in [5.41, 5.74) is 0.584. The van der Waals surface area contributed by atoms with Crippen LogP contribution in [0.25, 0.3) is 0 Å². The van der Waals surface area contributed by atoms with Gasteiger partial charge in [0.25, 0.3) is 0 Å².